The van der Waals surface area contributed by atoms with Crippen molar-refractivity contribution in [1.82, 2.24) is 15.5 Å². The van der Waals surface area contributed by atoms with Gasteiger partial charge in [-0.25, -0.2) is 0 Å². The Morgan fingerprint density at radius 1 is 1.20 bits per heavy atom. The second-order valence-corrected chi connectivity index (χ2v) is 9.66. The van der Waals surface area contributed by atoms with Crippen LogP contribution in [0.4, 0.5) is 0 Å². The van der Waals surface area contributed by atoms with Crippen molar-refractivity contribution >= 4 is 34.9 Å². The fraction of sp³-hybridized carbons (Fsp3) is 0.478. The van der Waals surface area contributed by atoms with Crippen LogP contribution in [0.3, 0.4) is 0 Å². The molecule has 162 valence electrons. The summed E-state index contributed by atoms with van der Waals surface area (Å²) < 4.78 is 0. The van der Waals surface area contributed by atoms with E-state index >= 15 is 0 Å². The van der Waals surface area contributed by atoms with Crippen LogP contribution in [0.2, 0.25) is 0 Å². The first-order valence-corrected chi connectivity index (χ1v) is 12.8. The van der Waals surface area contributed by atoms with Crippen molar-refractivity contribution in [2.24, 2.45) is 0 Å². The molecular formula is C23H31N3O2S2. The third-order valence-corrected chi connectivity index (χ3v) is 7.05. The molecule has 1 aliphatic heterocycles. The molecule has 5 nitrogen and oxygen atoms in total. The van der Waals surface area contributed by atoms with Gasteiger partial charge in [-0.15, -0.1) is 11.3 Å². The first-order valence-electron chi connectivity index (χ1n) is 10.5. The Kier molecular flexibility index (Phi) is 8.78. The van der Waals surface area contributed by atoms with Gasteiger partial charge >= 0.3 is 0 Å². The molecular weight excluding hydrogens is 414 g/mol. The Labute approximate surface area is 187 Å². The minimum atomic E-state index is -0.534. The van der Waals surface area contributed by atoms with Gasteiger partial charge in [0.2, 0.25) is 5.91 Å². The van der Waals surface area contributed by atoms with Gasteiger partial charge in [-0.05, 0) is 74.9 Å². The van der Waals surface area contributed by atoms with Gasteiger partial charge in [-0.2, -0.15) is 11.8 Å². The molecule has 0 radical (unpaired) electrons. The van der Waals surface area contributed by atoms with Crippen LogP contribution in [0.25, 0.3) is 0 Å². The van der Waals surface area contributed by atoms with E-state index in [1.54, 1.807) is 29.2 Å². The number of hydrogen-bond acceptors (Lipinski definition) is 5. The molecule has 2 unspecified atom stereocenters. The molecule has 0 aliphatic carbocycles. The molecule has 2 N–H and O–H groups in total. The molecule has 7 heteroatoms. The standard InChI is InChI=1S/C23H31N3O2S2/c1-17-7-5-8-18(15-17)22(27)25-19(10-14-29-2)23(28)24-16-20(21-9-6-13-30-21)26-11-3-4-12-26/h5-9,13,15,19-20H,3-4,10-12,14,16H2,1-2H3,(H,24,28)(H,25,27). The predicted octanol–water partition coefficient (Wildman–Crippen LogP) is 3.86. The van der Waals surface area contributed by atoms with E-state index < -0.39 is 6.04 Å². The minimum Gasteiger partial charge on any atom is -0.352 e. The van der Waals surface area contributed by atoms with Crippen LogP contribution in [0, 0.1) is 6.92 Å². The first kappa shape index (κ1) is 22.8. The lowest BCUT2D eigenvalue weighted by Gasteiger charge is -2.28. The minimum absolute atomic E-state index is 0.106. The molecule has 1 aromatic carbocycles. The fourth-order valence-electron chi connectivity index (χ4n) is 3.80. The monoisotopic (exact) mass is 445 g/mol. The number of aryl methyl sites for hydroxylation is 1. The summed E-state index contributed by atoms with van der Waals surface area (Å²) in [5.41, 5.74) is 1.61. The topological polar surface area (TPSA) is 61.4 Å². The molecule has 1 aliphatic rings. The molecule has 0 spiro atoms. The number of benzene rings is 1. The average Bonchev–Trinajstić information content (AvgIpc) is 3.46. The zero-order chi connectivity index (χ0) is 21.3. The summed E-state index contributed by atoms with van der Waals surface area (Å²) >= 11 is 3.41. The highest BCUT2D eigenvalue weighted by molar-refractivity contribution is 7.98. The Morgan fingerprint density at radius 3 is 2.67 bits per heavy atom. The average molecular weight is 446 g/mol. The van der Waals surface area contributed by atoms with Crippen LogP contribution in [-0.2, 0) is 4.79 Å². The molecule has 2 atom stereocenters. The third-order valence-electron chi connectivity index (χ3n) is 5.44. The number of nitrogens with zero attached hydrogens (tertiary/aromatic N) is 1. The number of likely N-dealkylation sites (tertiary alicyclic amines) is 1. The van der Waals surface area contributed by atoms with Crippen molar-refractivity contribution in [3.05, 3.63) is 57.8 Å². The molecule has 1 aromatic heterocycles. The zero-order valence-corrected chi connectivity index (χ0v) is 19.4. The zero-order valence-electron chi connectivity index (χ0n) is 17.7. The number of rotatable bonds is 10. The first-order chi connectivity index (χ1) is 14.6. The maximum atomic E-state index is 13.0. The van der Waals surface area contributed by atoms with Gasteiger partial charge in [0.25, 0.3) is 5.91 Å². The number of carbonyl (C=O) groups is 2. The van der Waals surface area contributed by atoms with Crippen molar-refractivity contribution in [3.8, 4) is 0 Å². The highest BCUT2D eigenvalue weighted by Gasteiger charge is 2.27. The summed E-state index contributed by atoms with van der Waals surface area (Å²) in [5.74, 6) is 0.507. The van der Waals surface area contributed by atoms with Crippen LogP contribution in [-0.4, -0.2) is 54.4 Å². The number of thiophene rings is 1. The van der Waals surface area contributed by atoms with E-state index in [-0.39, 0.29) is 17.9 Å². The summed E-state index contributed by atoms with van der Waals surface area (Å²) in [7, 11) is 0. The van der Waals surface area contributed by atoms with E-state index in [0.29, 0.717) is 18.5 Å². The molecule has 3 rings (SSSR count). The Morgan fingerprint density at radius 2 is 2.00 bits per heavy atom. The van der Waals surface area contributed by atoms with Crippen molar-refractivity contribution in [3.63, 3.8) is 0 Å². The van der Waals surface area contributed by atoms with E-state index in [9.17, 15) is 9.59 Å². The van der Waals surface area contributed by atoms with E-state index in [1.165, 1.54) is 17.7 Å². The summed E-state index contributed by atoms with van der Waals surface area (Å²) in [4.78, 5) is 29.5. The van der Waals surface area contributed by atoms with E-state index in [0.717, 1.165) is 24.4 Å². The Hall–Kier alpha value is -1.83. The van der Waals surface area contributed by atoms with Crippen LogP contribution >= 0.6 is 23.1 Å². The lowest BCUT2D eigenvalue weighted by atomic mass is 10.1. The third kappa shape index (κ3) is 6.33. The van der Waals surface area contributed by atoms with Crippen LogP contribution < -0.4 is 10.6 Å². The molecule has 2 aromatic rings. The van der Waals surface area contributed by atoms with E-state index in [4.69, 9.17) is 0 Å². The van der Waals surface area contributed by atoms with Crippen LogP contribution in [0.5, 0.6) is 0 Å². The highest BCUT2D eigenvalue weighted by atomic mass is 32.2. The maximum Gasteiger partial charge on any atom is 0.251 e. The van der Waals surface area contributed by atoms with E-state index in [1.807, 2.05) is 31.4 Å². The van der Waals surface area contributed by atoms with Crippen molar-refractivity contribution in [2.45, 2.75) is 38.3 Å². The second kappa shape index (κ2) is 11.5. The van der Waals surface area contributed by atoms with E-state index in [2.05, 4.69) is 33.0 Å². The Bertz CT molecular complexity index is 820. The van der Waals surface area contributed by atoms with Crippen LogP contribution in [0.15, 0.2) is 41.8 Å². The quantitative estimate of drug-likeness (QED) is 0.583. The van der Waals surface area contributed by atoms with Crippen molar-refractivity contribution in [2.75, 3.05) is 31.6 Å². The van der Waals surface area contributed by atoms with Crippen LogP contribution in [0.1, 0.15) is 46.1 Å². The predicted molar refractivity (Wildman–Crippen MR) is 126 cm³/mol. The molecule has 0 saturated carbocycles. The van der Waals surface area contributed by atoms with Crippen molar-refractivity contribution in [1.29, 1.82) is 0 Å². The summed E-state index contributed by atoms with van der Waals surface area (Å²) in [6.07, 6.45) is 5.03. The van der Waals surface area contributed by atoms with Crippen molar-refractivity contribution < 1.29 is 9.59 Å². The normalized spacial score (nSPS) is 16.2. The number of carbonyl (C=O) groups excluding carboxylic acids is 2. The maximum absolute atomic E-state index is 13.0. The van der Waals surface area contributed by atoms with Gasteiger partial charge < -0.3 is 10.6 Å². The molecule has 1 fully saturated rings. The van der Waals surface area contributed by atoms with Gasteiger partial charge in [-0.1, -0.05) is 23.8 Å². The van der Waals surface area contributed by atoms with Gasteiger partial charge in [0.05, 0.1) is 6.04 Å². The Balaban J connectivity index is 1.64. The molecule has 30 heavy (non-hydrogen) atoms. The SMILES string of the molecule is CSCCC(NC(=O)c1cccc(C)c1)C(=O)NCC(c1cccs1)N1CCCC1. The highest BCUT2D eigenvalue weighted by Crippen LogP contribution is 2.27. The molecule has 0 bridgehead atoms. The number of thioether (sulfide) groups is 1. The number of amides is 2. The summed E-state index contributed by atoms with van der Waals surface area (Å²) in [6, 6.07) is 11.3. The van der Waals surface area contributed by atoms with Gasteiger partial charge in [0.15, 0.2) is 0 Å². The molecule has 2 amide bonds. The number of hydrogen-bond donors (Lipinski definition) is 2. The largest absolute Gasteiger partial charge is 0.352 e. The lowest BCUT2D eigenvalue weighted by molar-refractivity contribution is -0.123. The van der Waals surface area contributed by atoms with Gasteiger partial charge in [-0.3, -0.25) is 14.5 Å². The van der Waals surface area contributed by atoms with Gasteiger partial charge in [0.1, 0.15) is 6.04 Å². The number of nitrogens with one attached hydrogen (secondary N) is 2. The fourth-order valence-corrected chi connectivity index (χ4v) is 5.13. The molecule has 2 heterocycles. The summed E-state index contributed by atoms with van der Waals surface area (Å²) in [6.45, 7) is 4.66. The molecule has 1 saturated heterocycles. The second-order valence-electron chi connectivity index (χ2n) is 7.70. The van der Waals surface area contributed by atoms with Gasteiger partial charge in [0, 0.05) is 17.0 Å². The smallest absolute Gasteiger partial charge is 0.251 e. The lowest BCUT2D eigenvalue weighted by Crippen LogP contribution is -2.49. The summed E-state index contributed by atoms with van der Waals surface area (Å²) in [5, 5.41) is 8.16.